The molecule has 0 N–H and O–H groups in total. The lowest BCUT2D eigenvalue weighted by molar-refractivity contribution is 0.927. The molecule has 3 nitrogen and oxygen atoms in total. The molecule has 2 aromatic heterocycles. The van der Waals surface area contributed by atoms with Gasteiger partial charge in [-0.25, -0.2) is 4.98 Å². The van der Waals surface area contributed by atoms with Gasteiger partial charge in [-0.15, -0.1) is 0 Å². The minimum atomic E-state index is -0.0334. The Kier molecular flexibility index (Phi) is 6.65. The largest absolute Gasteiger partial charge is 0.294 e. The van der Waals surface area contributed by atoms with E-state index in [1.807, 2.05) is 24.5 Å². The van der Waals surface area contributed by atoms with Crippen LogP contribution in [-0.4, -0.2) is 9.97 Å². The van der Waals surface area contributed by atoms with Crippen molar-refractivity contribution in [3.8, 4) is 0 Å². The van der Waals surface area contributed by atoms with Crippen molar-refractivity contribution in [3.05, 3.63) is 186 Å². The van der Waals surface area contributed by atoms with Crippen LogP contribution in [0.4, 0.5) is 17.2 Å². The summed E-state index contributed by atoms with van der Waals surface area (Å²) in [7, 11) is 0. The standard InChI is InChI=1S/C45H33N3/c1-29-27-37(41(31-15-5-3-6-16-31)38-21-11-13-25-46-38)42-35-19-9-10-20-36(35)43-39(28-30(2)34-24-23-33(29)44(42)45(34)43)48(32-17-7-4-8-18-32)40-22-12-14-26-47-40/h3-28,41H,1-2H3. The summed E-state index contributed by atoms with van der Waals surface area (Å²) in [5.74, 6) is 0.854. The molecular formula is C45H33N3. The van der Waals surface area contributed by atoms with Gasteiger partial charge in [-0.2, -0.15) is 0 Å². The fourth-order valence-electron chi connectivity index (χ4n) is 7.84. The predicted octanol–water partition coefficient (Wildman–Crippen LogP) is 11.8. The van der Waals surface area contributed by atoms with Crippen LogP contribution in [0.15, 0.2) is 158 Å². The van der Waals surface area contributed by atoms with E-state index in [4.69, 9.17) is 9.97 Å². The lowest BCUT2D eigenvalue weighted by atomic mass is 9.79. The molecule has 48 heavy (non-hydrogen) atoms. The summed E-state index contributed by atoms with van der Waals surface area (Å²) < 4.78 is 0. The van der Waals surface area contributed by atoms with Gasteiger partial charge in [-0.05, 0) is 111 Å². The van der Waals surface area contributed by atoms with Crippen molar-refractivity contribution in [1.82, 2.24) is 9.97 Å². The maximum Gasteiger partial charge on any atom is 0.137 e. The van der Waals surface area contributed by atoms with Crippen LogP contribution in [0, 0.1) is 13.8 Å². The van der Waals surface area contributed by atoms with Crippen molar-refractivity contribution in [1.29, 1.82) is 0 Å². The molecule has 0 bridgehead atoms. The number of pyridine rings is 2. The molecule has 1 unspecified atom stereocenters. The summed E-state index contributed by atoms with van der Waals surface area (Å²) in [6.07, 6.45) is 3.79. The van der Waals surface area contributed by atoms with Crippen molar-refractivity contribution in [2.45, 2.75) is 19.8 Å². The smallest absolute Gasteiger partial charge is 0.137 e. The number of hydrogen-bond donors (Lipinski definition) is 0. The van der Waals surface area contributed by atoms with Gasteiger partial charge in [0.05, 0.1) is 17.3 Å². The molecule has 0 aliphatic heterocycles. The highest BCUT2D eigenvalue weighted by atomic mass is 15.2. The van der Waals surface area contributed by atoms with E-state index >= 15 is 0 Å². The monoisotopic (exact) mass is 615 g/mol. The fourth-order valence-corrected chi connectivity index (χ4v) is 7.84. The van der Waals surface area contributed by atoms with E-state index in [1.54, 1.807) is 0 Å². The second-order valence-corrected chi connectivity index (χ2v) is 12.7. The molecule has 0 aliphatic rings. The summed E-state index contributed by atoms with van der Waals surface area (Å²) in [6.45, 7) is 4.50. The Morgan fingerprint density at radius 1 is 0.479 bits per heavy atom. The van der Waals surface area contributed by atoms with Crippen LogP contribution in [0.25, 0.3) is 43.1 Å². The predicted molar refractivity (Wildman–Crippen MR) is 201 cm³/mol. The van der Waals surface area contributed by atoms with E-state index in [0.29, 0.717) is 0 Å². The third kappa shape index (κ3) is 4.35. The molecule has 3 heteroatoms. The Labute approximate surface area is 280 Å². The zero-order chi connectivity index (χ0) is 32.2. The van der Waals surface area contributed by atoms with Gasteiger partial charge in [0.15, 0.2) is 0 Å². The van der Waals surface area contributed by atoms with Gasteiger partial charge < -0.3 is 0 Å². The number of para-hydroxylation sites is 1. The summed E-state index contributed by atoms with van der Waals surface area (Å²) in [5, 5.41) is 10.2. The number of aromatic nitrogens is 2. The molecule has 0 fully saturated rings. The van der Waals surface area contributed by atoms with Gasteiger partial charge in [0.2, 0.25) is 0 Å². The van der Waals surface area contributed by atoms with E-state index < -0.39 is 0 Å². The topological polar surface area (TPSA) is 29.0 Å². The van der Waals surface area contributed by atoms with Crippen LogP contribution in [-0.2, 0) is 0 Å². The van der Waals surface area contributed by atoms with Crippen molar-refractivity contribution in [3.63, 3.8) is 0 Å². The van der Waals surface area contributed by atoms with Crippen LogP contribution in [0.2, 0.25) is 0 Å². The zero-order valence-corrected chi connectivity index (χ0v) is 26.9. The third-order valence-electron chi connectivity index (χ3n) is 9.85. The third-order valence-corrected chi connectivity index (χ3v) is 9.85. The van der Waals surface area contributed by atoms with Crippen LogP contribution >= 0.6 is 0 Å². The number of hydrogen-bond acceptors (Lipinski definition) is 3. The molecule has 0 amide bonds. The molecule has 7 aromatic carbocycles. The highest BCUT2D eigenvalue weighted by molar-refractivity contribution is 6.37. The van der Waals surface area contributed by atoms with Crippen LogP contribution in [0.5, 0.6) is 0 Å². The van der Waals surface area contributed by atoms with Crippen LogP contribution in [0.3, 0.4) is 0 Å². The highest BCUT2D eigenvalue weighted by Gasteiger charge is 2.27. The number of benzene rings is 7. The Balaban J connectivity index is 1.49. The van der Waals surface area contributed by atoms with Gasteiger partial charge >= 0.3 is 0 Å². The summed E-state index contributed by atoms with van der Waals surface area (Å²) in [5.41, 5.74) is 8.26. The van der Waals surface area contributed by atoms with Crippen molar-refractivity contribution in [2.75, 3.05) is 4.90 Å². The van der Waals surface area contributed by atoms with E-state index in [2.05, 4.69) is 152 Å². The van der Waals surface area contributed by atoms with Gasteiger partial charge in [0.25, 0.3) is 0 Å². The van der Waals surface area contributed by atoms with Crippen molar-refractivity contribution in [2.24, 2.45) is 0 Å². The molecule has 0 saturated carbocycles. The number of anilines is 3. The lowest BCUT2D eigenvalue weighted by Crippen LogP contribution is -2.13. The van der Waals surface area contributed by atoms with Crippen LogP contribution in [0.1, 0.15) is 33.9 Å². The van der Waals surface area contributed by atoms with E-state index in [9.17, 15) is 0 Å². The van der Waals surface area contributed by atoms with Crippen molar-refractivity contribution < 1.29 is 0 Å². The summed E-state index contributed by atoms with van der Waals surface area (Å²) in [4.78, 5) is 12.2. The lowest BCUT2D eigenvalue weighted by Gasteiger charge is -2.29. The van der Waals surface area contributed by atoms with E-state index in [0.717, 1.165) is 22.9 Å². The van der Waals surface area contributed by atoms with Gasteiger partial charge in [-0.3, -0.25) is 9.88 Å². The zero-order valence-electron chi connectivity index (χ0n) is 26.9. The summed E-state index contributed by atoms with van der Waals surface area (Å²) >= 11 is 0. The molecule has 9 rings (SSSR count). The van der Waals surface area contributed by atoms with E-state index in [-0.39, 0.29) is 5.92 Å². The first kappa shape index (κ1) is 28.2. The van der Waals surface area contributed by atoms with Gasteiger partial charge in [0, 0.05) is 28.9 Å². The minimum absolute atomic E-state index is 0.0334. The number of rotatable bonds is 6. The Morgan fingerprint density at radius 2 is 1.06 bits per heavy atom. The Morgan fingerprint density at radius 3 is 1.73 bits per heavy atom. The van der Waals surface area contributed by atoms with Crippen LogP contribution < -0.4 is 4.90 Å². The quantitative estimate of drug-likeness (QED) is 0.138. The molecule has 0 saturated heterocycles. The maximum atomic E-state index is 4.96. The second kappa shape index (κ2) is 11.3. The highest BCUT2D eigenvalue weighted by Crippen LogP contribution is 2.51. The van der Waals surface area contributed by atoms with Gasteiger partial charge in [-0.1, -0.05) is 103 Å². The number of fused-ring (bicyclic) bond motifs is 3. The normalized spacial score (nSPS) is 12.3. The first-order chi connectivity index (χ1) is 23.7. The van der Waals surface area contributed by atoms with E-state index in [1.165, 1.54) is 65.3 Å². The van der Waals surface area contributed by atoms with Crippen molar-refractivity contribution >= 4 is 60.3 Å². The fraction of sp³-hybridized carbons (Fsp3) is 0.0667. The van der Waals surface area contributed by atoms with Gasteiger partial charge in [0.1, 0.15) is 5.82 Å². The summed E-state index contributed by atoms with van der Waals surface area (Å²) in [6, 6.07) is 52.2. The molecule has 9 aromatic rings. The first-order valence-electron chi connectivity index (χ1n) is 16.5. The Bertz CT molecular complexity index is 2300. The molecule has 0 spiro atoms. The molecule has 0 aliphatic carbocycles. The second-order valence-electron chi connectivity index (χ2n) is 12.7. The maximum absolute atomic E-state index is 4.96. The average Bonchev–Trinajstić information content (AvgIpc) is 3.14. The SMILES string of the molecule is Cc1cc(C(c2ccccc2)c2ccccn2)c2c3ccccc3c3c(N(c4ccccc4)c4ccccn4)cc(C)c4ccc1c2c43. The molecule has 228 valence electrons. The Hall–Kier alpha value is -6.06. The molecule has 0 radical (unpaired) electrons. The average molecular weight is 616 g/mol. The minimum Gasteiger partial charge on any atom is -0.294 e. The first-order valence-corrected chi connectivity index (χ1v) is 16.5. The number of aryl methyl sites for hydroxylation is 2. The molecule has 1 atom stereocenters. The molecule has 2 heterocycles. The number of nitrogens with zero attached hydrogens (tertiary/aromatic N) is 3. The molecular weight excluding hydrogens is 583 g/mol.